The van der Waals surface area contributed by atoms with Crippen LogP contribution < -0.4 is 14.8 Å². The van der Waals surface area contributed by atoms with E-state index in [2.05, 4.69) is 10.3 Å². The number of rotatable bonds is 5. The second kappa shape index (κ2) is 7.21. The van der Waals surface area contributed by atoms with E-state index < -0.39 is 0 Å². The Kier molecular flexibility index (Phi) is 4.84. The van der Waals surface area contributed by atoms with E-state index in [0.29, 0.717) is 32.0 Å². The minimum atomic E-state index is -0.0641. The average molecular weight is 327 g/mol. The fraction of sp³-hybridized carbons (Fsp3) is 0.333. The van der Waals surface area contributed by atoms with Crippen molar-refractivity contribution in [1.82, 2.24) is 9.88 Å². The maximum absolute atomic E-state index is 12.4. The number of nitrogens with zero attached hydrogens (tertiary/aromatic N) is 2. The molecule has 3 rings (SSSR count). The normalized spacial score (nSPS) is 12.6. The number of fused-ring (bicyclic) bond motifs is 1. The quantitative estimate of drug-likeness (QED) is 0.914. The number of carbonyl (C=O) groups excluding carboxylic acids is 1. The first-order valence-electron chi connectivity index (χ1n) is 8.13. The summed E-state index contributed by atoms with van der Waals surface area (Å²) in [4.78, 5) is 18.3. The SMILES string of the molecule is CCN(CC)C(=O)c1cc(Nc2ccc3c(c2)OCCO3)ccn1. The molecule has 0 spiro atoms. The summed E-state index contributed by atoms with van der Waals surface area (Å²) in [5.41, 5.74) is 2.10. The Morgan fingerprint density at radius 2 is 1.79 bits per heavy atom. The van der Waals surface area contributed by atoms with E-state index in [1.807, 2.05) is 38.1 Å². The van der Waals surface area contributed by atoms with Crippen molar-refractivity contribution in [2.45, 2.75) is 13.8 Å². The Balaban J connectivity index is 1.78. The van der Waals surface area contributed by atoms with Crippen LogP contribution in [0.5, 0.6) is 11.5 Å². The Labute approximate surface area is 141 Å². The summed E-state index contributed by atoms with van der Waals surface area (Å²) < 4.78 is 11.1. The molecule has 1 amide bonds. The van der Waals surface area contributed by atoms with Gasteiger partial charge >= 0.3 is 0 Å². The van der Waals surface area contributed by atoms with E-state index in [4.69, 9.17) is 9.47 Å². The van der Waals surface area contributed by atoms with Gasteiger partial charge in [-0.15, -0.1) is 0 Å². The third-order valence-corrected chi connectivity index (χ3v) is 3.86. The number of ether oxygens (including phenoxy) is 2. The molecule has 6 nitrogen and oxygen atoms in total. The maximum atomic E-state index is 12.4. The average Bonchev–Trinajstić information content (AvgIpc) is 2.63. The van der Waals surface area contributed by atoms with Gasteiger partial charge in [0, 0.05) is 36.7 Å². The first-order chi connectivity index (χ1) is 11.7. The van der Waals surface area contributed by atoms with Crippen molar-refractivity contribution in [2.24, 2.45) is 0 Å². The molecule has 1 aliphatic heterocycles. The molecular weight excluding hydrogens is 306 g/mol. The summed E-state index contributed by atoms with van der Waals surface area (Å²) in [5.74, 6) is 1.41. The lowest BCUT2D eigenvalue weighted by molar-refractivity contribution is 0.0767. The van der Waals surface area contributed by atoms with Crippen LogP contribution in [-0.4, -0.2) is 42.1 Å². The predicted molar refractivity (Wildman–Crippen MR) is 92.2 cm³/mol. The summed E-state index contributed by atoms with van der Waals surface area (Å²) >= 11 is 0. The lowest BCUT2D eigenvalue weighted by atomic mass is 10.2. The van der Waals surface area contributed by atoms with Gasteiger partial charge in [-0.2, -0.15) is 0 Å². The van der Waals surface area contributed by atoms with Gasteiger partial charge in [0.25, 0.3) is 5.91 Å². The molecule has 1 aliphatic rings. The van der Waals surface area contributed by atoms with Gasteiger partial charge < -0.3 is 19.7 Å². The first-order valence-corrected chi connectivity index (χ1v) is 8.13. The minimum Gasteiger partial charge on any atom is -0.486 e. The van der Waals surface area contributed by atoms with Crippen LogP contribution in [0.1, 0.15) is 24.3 Å². The zero-order chi connectivity index (χ0) is 16.9. The molecule has 2 heterocycles. The highest BCUT2D eigenvalue weighted by molar-refractivity contribution is 5.93. The fourth-order valence-electron chi connectivity index (χ4n) is 2.59. The third-order valence-electron chi connectivity index (χ3n) is 3.86. The fourth-order valence-corrected chi connectivity index (χ4v) is 2.59. The Hall–Kier alpha value is -2.76. The highest BCUT2D eigenvalue weighted by Crippen LogP contribution is 2.33. The number of pyridine rings is 1. The van der Waals surface area contributed by atoms with Crippen LogP contribution in [0.2, 0.25) is 0 Å². The van der Waals surface area contributed by atoms with E-state index in [9.17, 15) is 4.79 Å². The lowest BCUT2D eigenvalue weighted by Gasteiger charge is -2.20. The molecular formula is C18H21N3O3. The van der Waals surface area contributed by atoms with Gasteiger partial charge in [0.15, 0.2) is 11.5 Å². The van der Waals surface area contributed by atoms with Crippen molar-refractivity contribution >= 4 is 17.3 Å². The lowest BCUT2D eigenvalue weighted by Crippen LogP contribution is -2.31. The molecule has 0 aliphatic carbocycles. The van der Waals surface area contributed by atoms with E-state index in [0.717, 1.165) is 22.9 Å². The molecule has 6 heteroatoms. The molecule has 0 saturated carbocycles. The summed E-state index contributed by atoms with van der Waals surface area (Å²) in [5, 5.41) is 3.28. The van der Waals surface area contributed by atoms with E-state index in [-0.39, 0.29) is 5.91 Å². The van der Waals surface area contributed by atoms with E-state index in [1.165, 1.54) is 0 Å². The number of amides is 1. The third kappa shape index (κ3) is 3.42. The number of anilines is 2. The van der Waals surface area contributed by atoms with Gasteiger partial charge in [0.2, 0.25) is 0 Å². The van der Waals surface area contributed by atoms with Crippen molar-refractivity contribution in [3.05, 3.63) is 42.2 Å². The molecule has 0 atom stereocenters. The summed E-state index contributed by atoms with van der Waals surface area (Å²) in [7, 11) is 0. The zero-order valence-electron chi connectivity index (χ0n) is 13.9. The molecule has 2 aromatic rings. The highest BCUT2D eigenvalue weighted by atomic mass is 16.6. The van der Waals surface area contributed by atoms with Gasteiger partial charge in [-0.1, -0.05) is 0 Å². The number of hydrogen-bond acceptors (Lipinski definition) is 5. The number of carbonyl (C=O) groups is 1. The van der Waals surface area contributed by atoms with Crippen molar-refractivity contribution in [2.75, 3.05) is 31.6 Å². The van der Waals surface area contributed by atoms with Crippen LogP contribution in [0.15, 0.2) is 36.5 Å². The van der Waals surface area contributed by atoms with Crippen molar-refractivity contribution in [3.63, 3.8) is 0 Å². The smallest absolute Gasteiger partial charge is 0.272 e. The largest absolute Gasteiger partial charge is 0.486 e. The number of benzene rings is 1. The number of nitrogens with one attached hydrogen (secondary N) is 1. The molecule has 0 saturated heterocycles. The molecule has 1 N–H and O–H groups in total. The maximum Gasteiger partial charge on any atom is 0.272 e. The van der Waals surface area contributed by atoms with Gasteiger partial charge in [0.05, 0.1) is 0 Å². The Morgan fingerprint density at radius 1 is 1.08 bits per heavy atom. The zero-order valence-corrected chi connectivity index (χ0v) is 13.9. The molecule has 126 valence electrons. The number of aromatic nitrogens is 1. The van der Waals surface area contributed by atoms with Gasteiger partial charge in [-0.25, -0.2) is 0 Å². The monoisotopic (exact) mass is 327 g/mol. The van der Waals surface area contributed by atoms with Crippen LogP contribution in [0.3, 0.4) is 0 Å². The molecule has 0 radical (unpaired) electrons. The Bertz CT molecular complexity index is 729. The first kappa shape index (κ1) is 16.1. The molecule has 0 unspecified atom stereocenters. The molecule has 0 fully saturated rings. The van der Waals surface area contributed by atoms with Crippen LogP contribution in [0.4, 0.5) is 11.4 Å². The van der Waals surface area contributed by atoms with Crippen LogP contribution in [-0.2, 0) is 0 Å². The summed E-state index contributed by atoms with van der Waals surface area (Å²) in [6, 6.07) is 9.27. The van der Waals surface area contributed by atoms with Crippen LogP contribution in [0, 0.1) is 0 Å². The van der Waals surface area contributed by atoms with Crippen molar-refractivity contribution < 1.29 is 14.3 Å². The molecule has 0 bridgehead atoms. The Morgan fingerprint density at radius 3 is 2.54 bits per heavy atom. The molecule has 1 aromatic carbocycles. The predicted octanol–water partition coefficient (Wildman–Crippen LogP) is 3.08. The standard InChI is InChI=1S/C18H21N3O3/c1-3-21(4-2)18(22)15-11-14(7-8-19-15)20-13-5-6-16-17(12-13)24-10-9-23-16/h5-8,11-12H,3-4,9-10H2,1-2H3,(H,19,20). The molecule has 24 heavy (non-hydrogen) atoms. The topological polar surface area (TPSA) is 63.7 Å². The summed E-state index contributed by atoms with van der Waals surface area (Å²) in [6.45, 7) is 6.36. The van der Waals surface area contributed by atoms with Gasteiger partial charge in [-0.3, -0.25) is 9.78 Å². The second-order valence-corrected chi connectivity index (χ2v) is 5.39. The van der Waals surface area contributed by atoms with Crippen molar-refractivity contribution in [3.8, 4) is 11.5 Å². The van der Waals surface area contributed by atoms with Gasteiger partial charge in [0.1, 0.15) is 18.9 Å². The minimum absolute atomic E-state index is 0.0641. The van der Waals surface area contributed by atoms with Crippen molar-refractivity contribution in [1.29, 1.82) is 0 Å². The number of hydrogen-bond donors (Lipinski definition) is 1. The van der Waals surface area contributed by atoms with E-state index >= 15 is 0 Å². The highest BCUT2D eigenvalue weighted by Gasteiger charge is 2.15. The van der Waals surface area contributed by atoms with Crippen LogP contribution in [0.25, 0.3) is 0 Å². The second-order valence-electron chi connectivity index (χ2n) is 5.39. The molecule has 1 aromatic heterocycles. The van der Waals surface area contributed by atoms with Crippen LogP contribution >= 0.6 is 0 Å². The summed E-state index contributed by atoms with van der Waals surface area (Å²) in [6.07, 6.45) is 1.64. The van der Waals surface area contributed by atoms with E-state index in [1.54, 1.807) is 17.2 Å². The van der Waals surface area contributed by atoms with Gasteiger partial charge in [-0.05, 0) is 38.1 Å².